The van der Waals surface area contributed by atoms with Crippen LogP contribution in [0.25, 0.3) is 0 Å². The fraction of sp³-hybridized carbons (Fsp3) is 0.111. The van der Waals surface area contributed by atoms with Gasteiger partial charge in [0.05, 0.1) is 5.69 Å². The van der Waals surface area contributed by atoms with Crippen molar-refractivity contribution in [3.63, 3.8) is 0 Å². The van der Waals surface area contributed by atoms with E-state index >= 15 is 0 Å². The first-order valence-electron chi connectivity index (χ1n) is 3.57. The summed E-state index contributed by atoms with van der Waals surface area (Å²) in [5.41, 5.74) is 0.428. The van der Waals surface area contributed by atoms with Crippen molar-refractivity contribution in [1.82, 2.24) is 0 Å². The van der Waals surface area contributed by atoms with Gasteiger partial charge in [-0.2, -0.15) is 0 Å². The number of anilines is 1. The zero-order chi connectivity index (χ0) is 8.97. The van der Waals surface area contributed by atoms with Gasteiger partial charge in [-0.05, 0) is 31.3 Å². The molecule has 3 heteroatoms. The smallest absolute Gasteiger partial charge is 0.148 e. The molecule has 0 bridgehead atoms. The van der Waals surface area contributed by atoms with Crippen LogP contribution in [0.5, 0.6) is 0 Å². The third kappa shape index (κ3) is 2.24. The minimum Gasteiger partial charge on any atom is -0.360 e. The molecule has 0 heterocycles. The number of hydrogen-bond acceptors (Lipinski definition) is 1. The molecular weight excluding hydrogens is 177 g/mol. The summed E-state index contributed by atoms with van der Waals surface area (Å²) in [6.45, 7) is 1.85. The Hall–Kier alpha value is -1.02. The molecule has 1 aromatic carbocycles. The summed E-state index contributed by atoms with van der Waals surface area (Å²) in [6, 6.07) is 4.50. The average molecular weight is 186 g/mol. The maximum atomic E-state index is 13.0. The largest absolute Gasteiger partial charge is 0.360 e. The molecule has 0 amide bonds. The molecule has 0 aliphatic rings. The van der Waals surface area contributed by atoms with Gasteiger partial charge in [0.1, 0.15) is 5.82 Å². The Morgan fingerprint density at radius 3 is 2.83 bits per heavy atom. The Kier molecular flexibility index (Phi) is 3.11. The van der Waals surface area contributed by atoms with E-state index in [0.29, 0.717) is 10.7 Å². The van der Waals surface area contributed by atoms with Gasteiger partial charge in [0, 0.05) is 5.02 Å². The highest BCUT2D eigenvalue weighted by molar-refractivity contribution is 6.30. The van der Waals surface area contributed by atoms with Gasteiger partial charge in [0.25, 0.3) is 0 Å². The Morgan fingerprint density at radius 1 is 1.50 bits per heavy atom. The first-order chi connectivity index (χ1) is 5.74. The van der Waals surface area contributed by atoms with Gasteiger partial charge in [-0.15, -0.1) is 0 Å². The lowest BCUT2D eigenvalue weighted by molar-refractivity contribution is 0.632. The van der Waals surface area contributed by atoms with Crippen LogP contribution in [0, 0.1) is 5.82 Å². The molecule has 1 nitrogen and oxygen atoms in total. The molecule has 12 heavy (non-hydrogen) atoms. The SMILES string of the molecule is C/C=C/Nc1ccc(Cl)cc1F. The van der Waals surface area contributed by atoms with E-state index in [1.54, 1.807) is 24.4 Å². The van der Waals surface area contributed by atoms with Crippen LogP contribution >= 0.6 is 11.6 Å². The first kappa shape index (κ1) is 9.07. The van der Waals surface area contributed by atoms with E-state index in [9.17, 15) is 4.39 Å². The van der Waals surface area contributed by atoms with Crippen LogP contribution in [0.1, 0.15) is 6.92 Å². The predicted molar refractivity (Wildman–Crippen MR) is 49.8 cm³/mol. The summed E-state index contributed by atoms with van der Waals surface area (Å²) in [6.07, 6.45) is 3.44. The minimum atomic E-state index is -0.347. The van der Waals surface area contributed by atoms with Gasteiger partial charge < -0.3 is 5.32 Å². The van der Waals surface area contributed by atoms with E-state index in [2.05, 4.69) is 5.32 Å². The minimum absolute atomic E-state index is 0.347. The molecule has 0 saturated heterocycles. The Bertz CT molecular complexity index is 297. The molecule has 0 aliphatic heterocycles. The van der Waals surface area contributed by atoms with Gasteiger partial charge in [-0.1, -0.05) is 17.7 Å². The van der Waals surface area contributed by atoms with Gasteiger partial charge in [-0.25, -0.2) is 4.39 Å². The van der Waals surface area contributed by atoms with Gasteiger partial charge >= 0.3 is 0 Å². The van der Waals surface area contributed by atoms with Crippen LogP contribution in [0.15, 0.2) is 30.5 Å². The van der Waals surface area contributed by atoms with Crippen LogP contribution in [-0.4, -0.2) is 0 Å². The summed E-state index contributed by atoms with van der Waals surface area (Å²) in [5, 5.41) is 3.18. The zero-order valence-electron chi connectivity index (χ0n) is 6.64. The lowest BCUT2D eigenvalue weighted by Gasteiger charge is -2.01. The van der Waals surface area contributed by atoms with Crippen LogP contribution in [0.2, 0.25) is 5.02 Å². The van der Waals surface area contributed by atoms with Crippen LogP contribution in [0.3, 0.4) is 0 Å². The number of rotatable bonds is 2. The van der Waals surface area contributed by atoms with Crippen molar-refractivity contribution in [2.24, 2.45) is 0 Å². The molecule has 1 rings (SSSR count). The maximum Gasteiger partial charge on any atom is 0.148 e. The number of allylic oxidation sites excluding steroid dienone is 1. The highest BCUT2D eigenvalue weighted by Gasteiger charge is 1.99. The third-order valence-corrected chi connectivity index (χ3v) is 1.57. The van der Waals surface area contributed by atoms with Gasteiger partial charge in [0.2, 0.25) is 0 Å². The molecule has 0 aliphatic carbocycles. The van der Waals surface area contributed by atoms with Crippen molar-refractivity contribution >= 4 is 17.3 Å². The molecule has 0 saturated carbocycles. The summed E-state index contributed by atoms with van der Waals surface area (Å²) < 4.78 is 13.0. The third-order valence-electron chi connectivity index (χ3n) is 1.34. The molecule has 0 aromatic heterocycles. The first-order valence-corrected chi connectivity index (χ1v) is 3.94. The predicted octanol–water partition coefficient (Wildman–Crippen LogP) is 3.42. The average Bonchev–Trinajstić information content (AvgIpc) is 2.03. The summed E-state index contributed by atoms with van der Waals surface area (Å²) in [5.74, 6) is -0.347. The van der Waals surface area contributed by atoms with Gasteiger partial charge in [0.15, 0.2) is 0 Å². The van der Waals surface area contributed by atoms with Crippen LogP contribution < -0.4 is 5.32 Å². The quantitative estimate of drug-likeness (QED) is 0.745. The second kappa shape index (κ2) is 4.12. The van der Waals surface area contributed by atoms with E-state index in [1.807, 2.05) is 6.92 Å². The summed E-state index contributed by atoms with van der Waals surface area (Å²) in [4.78, 5) is 0. The van der Waals surface area contributed by atoms with Crippen LogP contribution in [-0.2, 0) is 0 Å². The van der Waals surface area contributed by atoms with Crippen molar-refractivity contribution in [2.75, 3.05) is 5.32 Å². The van der Waals surface area contributed by atoms with Crippen molar-refractivity contribution in [1.29, 1.82) is 0 Å². The second-order valence-electron chi connectivity index (χ2n) is 2.27. The van der Waals surface area contributed by atoms with Crippen LogP contribution in [0.4, 0.5) is 10.1 Å². The molecule has 0 fully saturated rings. The normalized spacial score (nSPS) is 10.6. The Balaban J connectivity index is 2.86. The van der Waals surface area contributed by atoms with E-state index in [0.717, 1.165) is 0 Å². The fourth-order valence-electron chi connectivity index (χ4n) is 0.780. The summed E-state index contributed by atoms with van der Waals surface area (Å²) in [7, 11) is 0. The Morgan fingerprint density at radius 2 is 2.25 bits per heavy atom. The zero-order valence-corrected chi connectivity index (χ0v) is 7.40. The van der Waals surface area contributed by atoms with E-state index in [4.69, 9.17) is 11.6 Å². The monoisotopic (exact) mass is 185 g/mol. The van der Waals surface area contributed by atoms with E-state index in [1.165, 1.54) is 6.07 Å². The lowest BCUT2D eigenvalue weighted by Crippen LogP contribution is -1.90. The van der Waals surface area contributed by atoms with Crippen molar-refractivity contribution < 1.29 is 4.39 Å². The van der Waals surface area contributed by atoms with Crippen molar-refractivity contribution in [2.45, 2.75) is 6.92 Å². The van der Waals surface area contributed by atoms with Gasteiger partial charge in [-0.3, -0.25) is 0 Å². The van der Waals surface area contributed by atoms with E-state index in [-0.39, 0.29) is 5.82 Å². The number of hydrogen-bond donors (Lipinski definition) is 1. The highest BCUT2D eigenvalue weighted by atomic mass is 35.5. The highest BCUT2D eigenvalue weighted by Crippen LogP contribution is 2.18. The molecule has 1 N–H and O–H groups in total. The lowest BCUT2D eigenvalue weighted by atomic mass is 10.3. The fourth-order valence-corrected chi connectivity index (χ4v) is 0.938. The summed E-state index contributed by atoms with van der Waals surface area (Å²) >= 11 is 5.57. The van der Waals surface area contributed by atoms with Crippen molar-refractivity contribution in [3.8, 4) is 0 Å². The molecule has 0 radical (unpaired) electrons. The molecule has 0 atom stereocenters. The Labute approximate surface area is 75.9 Å². The number of benzene rings is 1. The number of halogens is 2. The maximum absolute atomic E-state index is 13.0. The molecule has 1 aromatic rings. The molecule has 64 valence electrons. The molecular formula is C9H9ClFN. The topological polar surface area (TPSA) is 12.0 Å². The van der Waals surface area contributed by atoms with E-state index < -0.39 is 0 Å². The van der Waals surface area contributed by atoms with Crippen molar-refractivity contribution in [3.05, 3.63) is 41.3 Å². The molecule has 0 unspecified atom stereocenters. The second-order valence-corrected chi connectivity index (χ2v) is 2.70. The number of nitrogens with one attached hydrogen (secondary N) is 1. The molecule has 0 spiro atoms. The standard InChI is InChI=1S/C9H9ClFN/c1-2-5-12-9-4-3-7(10)6-8(9)11/h2-6,12H,1H3/b5-2+.